The van der Waals surface area contributed by atoms with Gasteiger partial charge in [-0.25, -0.2) is 4.79 Å². The molecular weight excluding hydrogens is 360 g/mol. The number of aliphatic carboxylic acids is 1. The van der Waals surface area contributed by atoms with Crippen molar-refractivity contribution in [1.82, 2.24) is 9.80 Å². The van der Waals surface area contributed by atoms with Crippen LogP contribution in [0.5, 0.6) is 0 Å². The Morgan fingerprint density at radius 2 is 1.85 bits per heavy atom. The van der Waals surface area contributed by atoms with E-state index in [-0.39, 0.29) is 17.2 Å². The van der Waals surface area contributed by atoms with Crippen molar-refractivity contribution in [1.29, 1.82) is 0 Å². The highest BCUT2D eigenvalue weighted by Gasteiger charge is 2.51. The number of thioether (sulfide) groups is 1. The molecule has 0 aromatic heterocycles. The number of nitrogens with zero attached hydrogens (tertiary/aromatic N) is 2. The van der Waals surface area contributed by atoms with Crippen LogP contribution in [-0.4, -0.2) is 64.8 Å². The van der Waals surface area contributed by atoms with E-state index in [1.54, 1.807) is 4.90 Å². The lowest BCUT2D eigenvalue weighted by atomic mass is 9.76. The van der Waals surface area contributed by atoms with E-state index >= 15 is 0 Å². The van der Waals surface area contributed by atoms with Gasteiger partial charge in [0.2, 0.25) is 5.91 Å². The Balaban J connectivity index is 1.28. The molecule has 0 radical (unpaired) electrons. The first-order chi connectivity index (χ1) is 13.1. The van der Waals surface area contributed by atoms with Crippen LogP contribution in [0.2, 0.25) is 0 Å². The molecule has 1 spiro atoms. The third-order valence-corrected chi connectivity index (χ3v) is 7.33. The van der Waals surface area contributed by atoms with E-state index in [1.807, 2.05) is 17.8 Å². The van der Waals surface area contributed by atoms with Gasteiger partial charge in [0.1, 0.15) is 6.04 Å². The first-order valence-electron chi connectivity index (χ1n) is 10.00. The SMILES string of the molecule is O=C(O)[C@@H]1CC2(CCN(CCSc3ccccc3)CC2)CN1C(=O)C1CC1. The minimum absolute atomic E-state index is 0.0106. The number of hydrogen-bond donors (Lipinski definition) is 1. The molecule has 2 saturated heterocycles. The number of benzene rings is 1. The summed E-state index contributed by atoms with van der Waals surface area (Å²) < 4.78 is 0. The van der Waals surface area contributed by atoms with Gasteiger partial charge in [0, 0.05) is 29.7 Å². The summed E-state index contributed by atoms with van der Waals surface area (Å²) >= 11 is 1.88. The Bertz CT molecular complexity index is 684. The quantitative estimate of drug-likeness (QED) is 0.759. The lowest BCUT2D eigenvalue weighted by Crippen LogP contribution is -2.43. The van der Waals surface area contributed by atoms with Crippen molar-refractivity contribution in [3.8, 4) is 0 Å². The van der Waals surface area contributed by atoms with Crippen molar-refractivity contribution in [2.75, 3.05) is 31.9 Å². The molecule has 146 valence electrons. The number of hydrogen-bond acceptors (Lipinski definition) is 4. The van der Waals surface area contributed by atoms with Gasteiger partial charge >= 0.3 is 5.97 Å². The van der Waals surface area contributed by atoms with Gasteiger partial charge in [0.25, 0.3) is 0 Å². The van der Waals surface area contributed by atoms with Crippen molar-refractivity contribution >= 4 is 23.6 Å². The predicted octanol–water partition coefficient (Wildman–Crippen LogP) is 2.96. The fraction of sp³-hybridized carbons (Fsp3) is 0.619. The molecule has 1 N–H and O–H groups in total. The number of amides is 1. The highest BCUT2D eigenvalue weighted by Crippen LogP contribution is 2.45. The second kappa shape index (κ2) is 7.84. The van der Waals surface area contributed by atoms with E-state index in [4.69, 9.17) is 0 Å². The molecule has 3 aliphatic rings. The van der Waals surface area contributed by atoms with Crippen molar-refractivity contribution in [2.24, 2.45) is 11.3 Å². The van der Waals surface area contributed by atoms with Gasteiger partial charge in [0.15, 0.2) is 0 Å². The van der Waals surface area contributed by atoms with Gasteiger partial charge in [-0.15, -0.1) is 11.8 Å². The van der Waals surface area contributed by atoms with E-state index < -0.39 is 12.0 Å². The van der Waals surface area contributed by atoms with Crippen LogP contribution >= 0.6 is 11.8 Å². The third kappa shape index (κ3) is 4.32. The molecule has 0 unspecified atom stereocenters. The molecule has 1 amide bonds. The topological polar surface area (TPSA) is 60.9 Å². The number of carboxylic acid groups (broad SMARTS) is 1. The molecule has 2 heterocycles. The monoisotopic (exact) mass is 388 g/mol. The molecule has 1 aromatic carbocycles. The molecule has 0 bridgehead atoms. The maximum absolute atomic E-state index is 12.5. The summed E-state index contributed by atoms with van der Waals surface area (Å²) in [5.41, 5.74) is 0.0106. The van der Waals surface area contributed by atoms with Crippen molar-refractivity contribution < 1.29 is 14.7 Å². The van der Waals surface area contributed by atoms with E-state index in [2.05, 4.69) is 29.2 Å². The lowest BCUT2D eigenvalue weighted by molar-refractivity contribution is -0.148. The van der Waals surface area contributed by atoms with Gasteiger partial charge in [0.05, 0.1) is 0 Å². The summed E-state index contributed by atoms with van der Waals surface area (Å²) in [6, 6.07) is 9.86. The zero-order chi connectivity index (χ0) is 18.9. The van der Waals surface area contributed by atoms with Crippen LogP contribution in [0.3, 0.4) is 0 Å². The van der Waals surface area contributed by atoms with Crippen LogP contribution in [0, 0.1) is 11.3 Å². The fourth-order valence-electron chi connectivity index (χ4n) is 4.50. The minimum atomic E-state index is -0.831. The average molecular weight is 389 g/mol. The summed E-state index contributed by atoms with van der Waals surface area (Å²) in [6.07, 6.45) is 4.50. The molecule has 1 saturated carbocycles. The molecule has 27 heavy (non-hydrogen) atoms. The summed E-state index contributed by atoms with van der Waals surface area (Å²) in [6.45, 7) is 3.72. The second-order valence-corrected chi connectivity index (χ2v) is 9.47. The van der Waals surface area contributed by atoms with Crippen LogP contribution in [0.15, 0.2) is 35.2 Å². The molecule has 1 aliphatic carbocycles. The van der Waals surface area contributed by atoms with Crippen molar-refractivity contribution in [2.45, 2.75) is 43.0 Å². The van der Waals surface area contributed by atoms with Gasteiger partial charge < -0.3 is 14.9 Å². The molecule has 3 fully saturated rings. The highest BCUT2D eigenvalue weighted by molar-refractivity contribution is 7.99. The van der Waals surface area contributed by atoms with Crippen LogP contribution in [-0.2, 0) is 9.59 Å². The fourth-order valence-corrected chi connectivity index (χ4v) is 5.43. The Kier molecular flexibility index (Phi) is 5.46. The zero-order valence-corrected chi connectivity index (χ0v) is 16.5. The summed E-state index contributed by atoms with van der Waals surface area (Å²) in [5.74, 6) is 0.418. The Morgan fingerprint density at radius 3 is 2.48 bits per heavy atom. The summed E-state index contributed by atoms with van der Waals surface area (Å²) in [5, 5.41) is 9.62. The van der Waals surface area contributed by atoms with Crippen LogP contribution < -0.4 is 0 Å². The summed E-state index contributed by atoms with van der Waals surface area (Å²) in [4.78, 5) is 29.7. The van der Waals surface area contributed by atoms with Gasteiger partial charge in [-0.2, -0.15) is 0 Å². The first kappa shape index (κ1) is 18.8. The standard InChI is InChI=1S/C21H28N2O3S/c24-19(16-6-7-16)23-15-21(14-18(23)20(25)26)8-10-22(11-9-21)12-13-27-17-4-2-1-3-5-17/h1-5,16,18H,6-15H2,(H,25,26)/t18-/m0/s1. The number of piperidine rings is 1. The van der Waals surface area contributed by atoms with E-state index in [0.29, 0.717) is 13.0 Å². The zero-order valence-electron chi connectivity index (χ0n) is 15.7. The third-order valence-electron chi connectivity index (χ3n) is 6.34. The lowest BCUT2D eigenvalue weighted by Gasteiger charge is -2.39. The van der Waals surface area contributed by atoms with Gasteiger partial charge in [-0.3, -0.25) is 4.79 Å². The molecule has 1 aromatic rings. The van der Waals surface area contributed by atoms with Gasteiger partial charge in [-0.05, 0) is 62.7 Å². The van der Waals surface area contributed by atoms with E-state index in [0.717, 1.165) is 51.1 Å². The molecular formula is C21H28N2O3S. The van der Waals surface area contributed by atoms with Gasteiger partial charge in [-0.1, -0.05) is 18.2 Å². The Labute approximate surface area is 165 Å². The number of carboxylic acids is 1. The normalized spacial score (nSPS) is 25.0. The molecule has 2 aliphatic heterocycles. The van der Waals surface area contributed by atoms with Crippen LogP contribution in [0.25, 0.3) is 0 Å². The molecule has 5 nitrogen and oxygen atoms in total. The number of carbonyl (C=O) groups excluding carboxylic acids is 1. The van der Waals surface area contributed by atoms with Crippen LogP contribution in [0.1, 0.15) is 32.1 Å². The van der Waals surface area contributed by atoms with Crippen molar-refractivity contribution in [3.63, 3.8) is 0 Å². The first-order valence-corrected chi connectivity index (χ1v) is 11.0. The minimum Gasteiger partial charge on any atom is -0.480 e. The number of carbonyl (C=O) groups is 2. The summed E-state index contributed by atoms with van der Waals surface area (Å²) in [7, 11) is 0. The smallest absolute Gasteiger partial charge is 0.326 e. The second-order valence-electron chi connectivity index (χ2n) is 8.30. The maximum Gasteiger partial charge on any atom is 0.326 e. The van der Waals surface area contributed by atoms with Crippen LogP contribution in [0.4, 0.5) is 0 Å². The highest BCUT2D eigenvalue weighted by atomic mass is 32.2. The Hall–Kier alpha value is -1.53. The van der Waals surface area contributed by atoms with E-state index in [1.165, 1.54) is 4.90 Å². The average Bonchev–Trinajstić information content (AvgIpc) is 3.46. The van der Waals surface area contributed by atoms with Crippen molar-refractivity contribution in [3.05, 3.63) is 30.3 Å². The molecule has 6 heteroatoms. The number of rotatable bonds is 6. The molecule has 1 atom stereocenters. The maximum atomic E-state index is 12.5. The number of likely N-dealkylation sites (tertiary alicyclic amines) is 2. The largest absolute Gasteiger partial charge is 0.480 e. The molecule has 4 rings (SSSR count). The predicted molar refractivity (Wildman–Crippen MR) is 106 cm³/mol. The van der Waals surface area contributed by atoms with E-state index in [9.17, 15) is 14.7 Å². The Morgan fingerprint density at radius 1 is 1.15 bits per heavy atom.